The molecular weight excluding hydrogens is 280 g/mol. The molecular formula is C13H16N2O4S. The fraction of sp³-hybridized carbons (Fsp3) is 0.385. The number of nitrogens with two attached hydrogens (primary N) is 1. The molecule has 1 fully saturated rings. The third kappa shape index (κ3) is 3.36. The van der Waals surface area contributed by atoms with Crippen LogP contribution < -0.4 is 10.5 Å². The molecule has 0 aromatic heterocycles. The molecule has 0 bridgehead atoms. The summed E-state index contributed by atoms with van der Waals surface area (Å²) in [7, 11) is 0. The number of hydrogen-bond acceptors (Lipinski definition) is 6. The molecule has 1 aromatic carbocycles. The number of benzene rings is 1. The minimum absolute atomic E-state index is 0.134. The second-order valence-corrected chi connectivity index (χ2v) is 5.10. The highest BCUT2D eigenvalue weighted by Crippen LogP contribution is 2.29. The number of imide groups is 1. The topological polar surface area (TPSA) is 81.9 Å². The molecule has 2 N–H and O–H groups in total. The van der Waals surface area contributed by atoms with Crippen LogP contribution in [0.3, 0.4) is 0 Å². The molecule has 1 aliphatic heterocycles. The van der Waals surface area contributed by atoms with Crippen molar-refractivity contribution in [3.05, 3.63) is 18.2 Å². The van der Waals surface area contributed by atoms with Gasteiger partial charge in [-0.25, -0.2) is 9.69 Å². The highest BCUT2D eigenvalue weighted by Gasteiger charge is 2.28. The van der Waals surface area contributed by atoms with Crippen molar-refractivity contribution in [2.24, 2.45) is 0 Å². The largest absolute Gasteiger partial charge is 0.494 e. The number of thioether (sulfide) groups is 1. The van der Waals surface area contributed by atoms with Gasteiger partial charge in [0.15, 0.2) is 0 Å². The summed E-state index contributed by atoms with van der Waals surface area (Å²) in [6.07, 6.45) is -0.577. The van der Waals surface area contributed by atoms with Gasteiger partial charge >= 0.3 is 6.09 Å². The van der Waals surface area contributed by atoms with Crippen molar-refractivity contribution in [1.82, 2.24) is 4.90 Å². The van der Waals surface area contributed by atoms with Gasteiger partial charge in [-0.1, -0.05) is 0 Å². The summed E-state index contributed by atoms with van der Waals surface area (Å²) in [6.45, 7) is 3.03. The number of carbonyl (C=O) groups excluding carboxylic acids is 2. The number of cyclic esters (lactones) is 1. The second kappa shape index (κ2) is 6.51. The summed E-state index contributed by atoms with van der Waals surface area (Å²) in [5, 5.41) is 0. The van der Waals surface area contributed by atoms with Crippen LogP contribution in [0.5, 0.6) is 5.75 Å². The Balaban J connectivity index is 1.97. The van der Waals surface area contributed by atoms with E-state index >= 15 is 0 Å². The smallest absolute Gasteiger partial charge is 0.416 e. The molecule has 1 heterocycles. The highest BCUT2D eigenvalue weighted by atomic mass is 32.2. The van der Waals surface area contributed by atoms with Crippen LogP contribution in [-0.2, 0) is 9.53 Å². The molecule has 1 aliphatic rings. The summed E-state index contributed by atoms with van der Waals surface area (Å²) >= 11 is 1.28. The van der Waals surface area contributed by atoms with Crippen LogP contribution in [0.2, 0.25) is 0 Å². The van der Waals surface area contributed by atoms with Gasteiger partial charge in [-0.2, -0.15) is 0 Å². The van der Waals surface area contributed by atoms with E-state index in [2.05, 4.69) is 0 Å². The molecule has 7 heteroatoms. The second-order valence-electron chi connectivity index (χ2n) is 4.08. The van der Waals surface area contributed by atoms with Crippen molar-refractivity contribution in [2.45, 2.75) is 11.8 Å². The molecule has 1 aromatic rings. The van der Waals surface area contributed by atoms with E-state index in [1.54, 1.807) is 18.2 Å². The summed E-state index contributed by atoms with van der Waals surface area (Å²) in [5.41, 5.74) is 6.44. The number of anilines is 1. The van der Waals surface area contributed by atoms with E-state index in [-0.39, 0.29) is 18.3 Å². The van der Waals surface area contributed by atoms with Crippen molar-refractivity contribution in [3.8, 4) is 5.75 Å². The van der Waals surface area contributed by atoms with Crippen molar-refractivity contribution in [1.29, 1.82) is 0 Å². The lowest BCUT2D eigenvalue weighted by Gasteiger charge is -2.12. The predicted molar refractivity (Wildman–Crippen MR) is 75.8 cm³/mol. The number of nitrogens with zero attached hydrogens (tertiary/aromatic N) is 1. The molecule has 6 nitrogen and oxygen atoms in total. The lowest BCUT2D eigenvalue weighted by Crippen LogP contribution is -2.32. The van der Waals surface area contributed by atoms with Crippen molar-refractivity contribution in [2.75, 3.05) is 31.2 Å². The van der Waals surface area contributed by atoms with Crippen LogP contribution in [0.15, 0.2) is 23.1 Å². The van der Waals surface area contributed by atoms with Gasteiger partial charge in [-0.15, -0.1) is 11.8 Å². The molecule has 2 rings (SSSR count). The maximum absolute atomic E-state index is 11.9. The maximum Gasteiger partial charge on any atom is 0.416 e. The highest BCUT2D eigenvalue weighted by molar-refractivity contribution is 8.00. The van der Waals surface area contributed by atoms with E-state index in [4.69, 9.17) is 15.2 Å². The first-order valence-electron chi connectivity index (χ1n) is 6.24. The van der Waals surface area contributed by atoms with Crippen molar-refractivity contribution in [3.63, 3.8) is 0 Å². The zero-order valence-corrected chi connectivity index (χ0v) is 11.9. The Morgan fingerprint density at radius 2 is 2.35 bits per heavy atom. The molecule has 0 spiro atoms. The van der Waals surface area contributed by atoms with Crippen LogP contribution in [0, 0.1) is 0 Å². The van der Waals surface area contributed by atoms with Gasteiger partial charge in [-0.3, -0.25) is 4.79 Å². The number of carbonyl (C=O) groups is 2. The van der Waals surface area contributed by atoms with Gasteiger partial charge in [0.05, 0.1) is 18.9 Å². The molecule has 0 radical (unpaired) electrons. The first-order chi connectivity index (χ1) is 9.61. The monoisotopic (exact) mass is 296 g/mol. The zero-order valence-electron chi connectivity index (χ0n) is 11.1. The molecule has 0 unspecified atom stereocenters. The number of rotatable bonds is 5. The number of hydrogen-bond donors (Lipinski definition) is 1. The first kappa shape index (κ1) is 14.5. The van der Waals surface area contributed by atoms with Crippen LogP contribution in [-0.4, -0.2) is 42.4 Å². The summed E-state index contributed by atoms with van der Waals surface area (Å²) in [5.74, 6) is 0.561. The number of ether oxygens (including phenoxy) is 2. The van der Waals surface area contributed by atoms with Crippen LogP contribution >= 0.6 is 11.8 Å². The Hall–Kier alpha value is -1.89. The van der Waals surface area contributed by atoms with E-state index in [1.807, 2.05) is 6.92 Å². The van der Waals surface area contributed by atoms with E-state index < -0.39 is 6.09 Å². The lowest BCUT2D eigenvalue weighted by atomic mass is 10.3. The van der Waals surface area contributed by atoms with Gasteiger partial charge in [0, 0.05) is 10.6 Å². The molecule has 2 amide bonds. The lowest BCUT2D eigenvalue weighted by molar-refractivity contribution is -0.124. The first-order valence-corrected chi connectivity index (χ1v) is 7.22. The van der Waals surface area contributed by atoms with Crippen LogP contribution in [0.25, 0.3) is 0 Å². The molecule has 108 valence electrons. The summed E-state index contributed by atoms with van der Waals surface area (Å²) < 4.78 is 10.1. The van der Waals surface area contributed by atoms with Crippen molar-refractivity contribution >= 4 is 29.4 Å². The predicted octanol–water partition coefficient (Wildman–Crippen LogP) is 1.74. The molecule has 0 aliphatic carbocycles. The van der Waals surface area contributed by atoms with Crippen LogP contribution in [0.4, 0.5) is 10.5 Å². The fourth-order valence-corrected chi connectivity index (χ4v) is 2.60. The number of nitrogen functional groups attached to an aromatic ring is 1. The SMILES string of the molecule is CCOc1ccc(N)c(SCC(=O)N2CCOC2=O)c1. The van der Waals surface area contributed by atoms with E-state index in [0.717, 1.165) is 9.80 Å². The van der Waals surface area contributed by atoms with E-state index in [9.17, 15) is 9.59 Å². The standard InChI is InChI=1S/C13H16N2O4S/c1-2-18-9-3-4-10(14)11(7-9)20-8-12(16)15-5-6-19-13(15)17/h3-4,7H,2,5-6,8,14H2,1H3. The molecule has 0 atom stereocenters. The van der Waals surface area contributed by atoms with Crippen LogP contribution in [0.1, 0.15) is 6.92 Å². The van der Waals surface area contributed by atoms with Gasteiger partial charge in [0.1, 0.15) is 12.4 Å². The quantitative estimate of drug-likeness (QED) is 0.658. The Bertz CT molecular complexity index is 521. The number of amides is 2. The van der Waals surface area contributed by atoms with Gasteiger partial charge in [0.2, 0.25) is 5.91 Å². The van der Waals surface area contributed by atoms with Gasteiger partial charge < -0.3 is 15.2 Å². The normalized spacial score (nSPS) is 14.2. The van der Waals surface area contributed by atoms with Gasteiger partial charge in [0.25, 0.3) is 0 Å². The van der Waals surface area contributed by atoms with Gasteiger partial charge in [-0.05, 0) is 25.1 Å². The zero-order chi connectivity index (χ0) is 14.5. The Morgan fingerprint density at radius 1 is 1.55 bits per heavy atom. The van der Waals surface area contributed by atoms with Crippen molar-refractivity contribution < 1.29 is 19.1 Å². The van der Waals surface area contributed by atoms with E-state index in [0.29, 0.717) is 24.6 Å². The average molecular weight is 296 g/mol. The Labute approximate surface area is 121 Å². The average Bonchev–Trinajstić information content (AvgIpc) is 2.85. The van der Waals surface area contributed by atoms with E-state index in [1.165, 1.54) is 11.8 Å². The minimum atomic E-state index is -0.577. The maximum atomic E-state index is 11.9. The Morgan fingerprint density at radius 3 is 3.00 bits per heavy atom. The fourth-order valence-electron chi connectivity index (χ4n) is 1.73. The molecule has 1 saturated heterocycles. The minimum Gasteiger partial charge on any atom is -0.494 e. The Kier molecular flexibility index (Phi) is 4.73. The summed E-state index contributed by atoms with van der Waals surface area (Å²) in [4.78, 5) is 25.0. The summed E-state index contributed by atoms with van der Waals surface area (Å²) in [6, 6.07) is 5.31. The third-order valence-electron chi connectivity index (χ3n) is 2.71. The molecule has 20 heavy (non-hydrogen) atoms. The third-order valence-corrected chi connectivity index (χ3v) is 3.76. The molecule has 0 saturated carbocycles.